The molecule has 3 amide bonds. The van der Waals surface area contributed by atoms with Gasteiger partial charge in [0.2, 0.25) is 17.7 Å². The van der Waals surface area contributed by atoms with Gasteiger partial charge in [0, 0.05) is 38.1 Å². The van der Waals surface area contributed by atoms with Crippen LogP contribution in [-0.2, 0) is 23.9 Å². The van der Waals surface area contributed by atoms with Crippen LogP contribution >= 0.6 is 11.3 Å². The van der Waals surface area contributed by atoms with Gasteiger partial charge in [-0.25, -0.2) is 4.98 Å². The molecular weight excluding hydrogens is 632 g/mol. The van der Waals surface area contributed by atoms with Gasteiger partial charge in [-0.05, 0) is 50.2 Å². The third-order valence-electron chi connectivity index (χ3n) is 9.75. The maximum atomic E-state index is 14.1. The van der Waals surface area contributed by atoms with Crippen LogP contribution in [0.3, 0.4) is 0 Å². The van der Waals surface area contributed by atoms with Gasteiger partial charge in [-0.2, -0.15) is 0 Å². The summed E-state index contributed by atoms with van der Waals surface area (Å²) in [6.45, 7) is 13.4. The highest BCUT2D eigenvalue weighted by molar-refractivity contribution is 7.13. The molecule has 12 nitrogen and oxygen atoms in total. The van der Waals surface area contributed by atoms with Crippen molar-refractivity contribution in [3.8, 4) is 10.4 Å². The van der Waals surface area contributed by atoms with E-state index in [9.17, 15) is 24.3 Å². The Kier molecular flexibility index (Phi) is 11.2. The molecule has 13 heteroatoms. The second-order valence-electron chi connectivity index (χ2n) is 14.4. The molecule has 48 heavy (non-hydrogen) atoms. The van der Waals surface area contributed by atoms with Crippen LogP contribution in [0.4, 0.5) is 0 Å². The monoisotopic (exact) mass is 682 g/mol. The van der Waals surface area contributed by atoms with Gasteiger partial charge in [-0.1, -0.05) is 45.0 Å². The lowest BCUT2D eigenvalue weighted by molar-refractivity contribution is -0.146. The number of rotatable bonds is 11. The van der Waals surface area contributed by atoms with E-state index in [1.807, 2.05) is 64.4 Å². The van der Waals surface area contributed by atoms with Crippen LogP contribution in [0.1, 0.15) is 71.2 Å². The molecule has 3 aliphatic rings. The number of amides is 3. The van der Waals surface area contributed by atoms with E-state index in [1.54, 1.807) is 18.3 Å². The first-order valence-corrected chi connectivity index (χ1v) is 17.9. The number of aliphatic hydroxyl groups excluding tert-OH is 1. The zero-order valence-electron chi connectivity index (χ0n) is 28.9. The Labute approximate surface area is 287 Å². The summed E-state index contributed by atoms with van der Waals surface area (Å²) in [4.78, 5) is 64.4. The normalized spacial score (nSPS) is 24.3. The van der Waals surface area contributed by atoms with E-state index in [1.165, 1.54) is 4.90 Å². The highest BCUT2D eigenvalue weighted by Crippen LogP contribution is 2.31. The Balaban J connectivity index is 1.20. The summed E-state index contributed by atoms with van der Waals surface area (Å²) in [6.07, 6.45) is 1.16. The minimum Gasteiger partial charge on any atom is -0.465 e. The quantitative estimate of drug-likeness (QED) is 0.305. The lowest BCUT2D eigenvalue weighted by Gasteiger charge is -2.41. The number of fused-ring (bicyclic) bond motifs is 2. The van der Waals surface area contributed by atoms with Crippen molar-refractivity contribution >= 4 is 35.0 Å². The number of carbonyl (C=O) groups excluding carboxylic acids is 4. The van der Waals surface area contributed by atoms with Crippen molar-refractivity contribution in [2.45, 2.75) is 97.1 Å². The van der Waals surface area contributed by atoms with Crippen LogP contribution in [0, 0.1) is 12.3 Å². The van der Waals surface area contributed by atoms with Crippen LogP contribution < -0.4 is 10.6 Å². The van der Waals surface area contributed by atoms with E-state index in [2.05, 4.69) is 25.4 Å². The standard InChI is InChI=1S/C35H50N6O6S/c1-7-47-30(44)19-39-15-25-12-13-26(16-39)40(25)18-29(43)38-32(35(4,5)6)34(46)41-17-27(42)14-28(41)33(45)37-21(2)23-8-10-24(11-9-23)31-22(3)36-20-48-31/h8-11,20-21,25-28,32,42H,7,12-19H2,1-6H3,(H,37,45)(H,38,43)/t21-,25-,26+,27+,28-,32+/m0/s1. The largest absolute Gasteiger partial charge is 0.465 e. The van der Waals surface area contributed by atoms with Gasteiger partial charge in [-0.15, -0.1) is 11.3 Å². The zero-order valence-corrected chi connectivity index (χ0v) is 29.7. The van der Waals surface area contributed by atoms with Crippen molar-refractivity contribution in [1.29, 1.82) is 0 Å². The molecule has 2 bridgehead atoms. The number of esters is 1. The fourth-order valence-corrected chi connectivity index (χ4v) is 8.05. The van der Waals surface area contributed by atoms with Crippen molar-refractivity contribution in [3.05, 3.63) is 41.0 Å². The molecule has 0 radical (unpaired) electrons. The number of aliphatic hydroxyl groups is 1. The molecule has 1 aromatic carbocycles. The van der Waals surface area contributed by atoms with Gasteiger partial charge in [0.25, 0.3) is 0 Å². The first-order chi connectivity index (χ1) is 22.7. The van der Waals surface area contributed by atoms with E-state index >= 15 is 0 Å². The summed E-state index contributed by atoms with van der Waals surface area (Å²) < 4.78 is 5.12. The van der Waals surface area contributed by atoms with Gasteiger partial charge < -0.3 is 25.4 Å². The van der Waals surface area contributed by atoms with Crippen LogP contribution in [0.25, 0.3) is 10.4 Å². The van der Waals surface area contributed by atoms with Gasteiger partial charge in [0.15, 0.2) is 0 Å². The second kappa shape index (κ2) is 15.0. The number of hydrogen-bond donors (Lipinski definition) is 3. The third kappa shape index (κ3) is 8.24. The summed E-state index contributed by atoms with van der Waals surface area (Å²) in [5.41, 5.74) is 4.13. The summed E-state index contributed by atoms with van der Waals surface area (Å²) in [6, 6.07) is 6.18. The molecule has 3 N–H and O–H groups in total. The number of β-amino-alcohol motifs (C(OH)–C–C–N with tert-alkyl or cyclic N) is 1. The predicted octanol–water partition coefficient (Wildman–Crippen LogP) is 2.50. The van der Waals surface area contributed by atoms with Gasteiger partial charge in [0.05, 0.1) is 47.9 Å². The topological polar surface area (TPSA) is 144 Å². The van der Waals surface area contributed by atoms with Crippen molar-refractivity contribution in [3.63, 3.8) is 0 Å². The summed E-state index contributed by atoms with van der Waals surface area (Å²) in [5.74, 6) is -1.22. The number of piperazine rings is 1. The molecule has 0 unspecified atom stereocenters. The number of hydrogen-bond acceptors (Lipinski definition) is 10. The Morgan fingerprint density at radius 2 is 1.71 bits per heavy atom. The lowest BCUT2D eigenvalue weighted by atomic mass is 9.85. The predicted molar refractivity (Wildman–Crippen MR) is 183 cm³/mol. The smallest absolute Gasteiger partial charge is 0.320 e. The fraction of sp³-hybridized carbons (Fsp3) is 0.629. The molecule has 262 valence electrons. The maximum Gasteiger partial charge on any atom is 0.320 e. The van der Waals surface area contributed by atoms with E-state index in [0.717, 1.165) is 34.5 Å². The molecule has 3 saturated heterocycles. The average molecular weight is 683 g/mol. The van der Waals surface area contributed by atoms with Crippen LogP contribution in [0.5, 0.6) is 0 Å². The molecule has 1 aromatic heterocycles. The Bertz CT molecular complexity index is 1460. The fourth-order valence-electron chi connectivity index (χ4n) is 7.24. The first-order valence-electron chi connectivity index (χ1n) is 17.0. The number of aryl methyl sites for hydroxylation is 1. The second-order valence-corrected chi connectivity index (χ2v) is 15.3. The Morgan fingerprint density at radius 3 is 2.29 bits per heavy atom. The number of ether oxygens (including phenoxy) is 1. The van der Waals surface area contributed by atoms with Crippen molar-refractivity contribution in [2.24, 2.45) is 5.41 Å². The first kappa shape index (κ1) is 35.9. The van der Waals surface area contributed by atoms with Crippen molar-refractivity contribution in [1.82, 2.24) is 30.3 Å². The molecule has 6 atom stereocenters. The number of likely N-dealkylation sites (tertiary alicyclic amines) is 2. The number of nitrogens with zero attached hydrogens (tertiary/aromatic N) is 4. The molecule has 2 aromatic rings. The minimum absolute atomic E-state index is 0.0171. The third-order valence-corrected chi connectivity index (χ3v) is 10.7. The Morgan fingerprint density at radius 1 is 1.04 bits per heavy atom. The molecule has 4 heterocycles. The number of carbonyl (C=O) groups is 4. The maximum absolute atomic E-state index is 14.1. The van der Waals surface area contributed by atoms with Gasteiger partial charge in [0.1, 0.15) is 12.1 Å². The molecule has 3 aliphatic heterocycles. The summed E-state index contributed by atoms with van der Waals surface area (Å²) >= 11 is 1.58. The zero-order chi connectivity index (χ0) is 34.7. The summed E-state index contributed by atoms with van der Waals surface area (Å²) in [5, 5.41) is 16.6. The highest BCUT2D eigenvalue weighted by Gasteiger charge is 2.46. The molecule has 0 saturated carbocycles. The SMILES string of the molecule is CCOC(=O)CN1C[C@H]2CC[C@@H](C1)N2CC(=O)N[C@H](C(=O)N1C[C@H](O)C[C@H]1C(=O)N[C@@H](C)c1ccc(-c2scnc2C)cc1)C(C)(C)C. The van der Waals surface area contributed by atoms with E-state index in [-0.39, 0.29) is 67.9 Å². The van der Waals surface area contributed by atoms with Crippen molar-refractivity contribution in [2.75, 3.05) is 39.3 Å². The number of thiazole rings is 1. The van der Waals surface area contributed by atoms with Gasteiger partial charge >= 0.3 is 5.97 Å². The minimum atomic E-state index is -0.895. The summed E-state index contributed by atoms with van der Waals surface area (Å²) in [7, 11) is 0. The highest BCUT2D eigenvalue weighted by atomic mass is 32.1. The number of benzene rings is 1. The van der Waals surface area contributed by atoms with Crippen molar-refractivity contribution < 1.29 is 29.0 Å². The molecule has 0 aliphatic carbocycles. The molecule has 5 rings (SSSR count). The Hall–Kier alpha value is -3.39. The van der Waals surface area contributed by atoms with E-state index < -0.39 is 23.6 Å². The number of nitrogens with one attached hydrogen (secondary N) is 2. The molecular formula is C35H50N6O6S. The number of aromatic nitrogens is 1. The molecule has 0 spiro atoms. The molecule has 3 fully saturated rings. The van der Waals surface area contributed by atoms with Gasteiger partial charge in [-0.3, -0.25) is 29.0 Å². The average Bonchev–Trinajstić information content (AvgIpc) is 3.69. The van der Waals surface area contributed by atoms with E-state index in [4.69, 9.17) is 4.74 Å². The van der Waals surface area contributed by atoms with E-state index in [0.29, 0.717) is 19.7 Å². The lowest BCUT2D eigenvalue weighted by Crippen LogP contribution is -2.61. The van der Waals surface area contributed by atoms with Crippen LogP contribution in [0.2, 0.25) is 0 Å². The van der Waals surface area contributed by atoms with Crippen LogP contribution in [0.15, 0.2) is 29.8 Å². The van der Waals surface area contributed by atoms with Crippen LogP contribution in [-0.4, -0.2) is 118 Å².